The monoisotopic (exact) mass is 309 g/mol. The Kier molecular flexibility index (Phi) is 3.04. The first kappa shape index (κ1) is 13.8. The molecule has 0 N–H and O–H groups in total. The van der Waals surface area contributed by atoms with Gasteiger partial charge in [0.1, 0.15) is 12.4 Å². The van der Waals surface area contributed by atoms with Gasteiger partial charge in [-0.2, -0.15) is 0 Å². The Hall–Kier alpha value is -2.89. The molecular weight excluding hydrogens is 294 g/mol. The molecule has 0 saturated heterocycles. The second-order valence-electron chi connectivity index (χ2n) is 5.53. The second-order valence-corrected chi connectivity index (χ2v) is 5.53. The Balaban J connectivity index is 1.86. The summed E-state index contributed by atoms with van der Waals surface area (Å²) in [5.41, 5.74) is 3.12. The number of ether oxygens (including phenoxy) is 1. The molecule has 6 heteroatoms. The Bertz CT molecular complexity index is 917. The lowest BCUT2D eigenvalue weighted by Gasteiger charge is -2.29. The molecular formula is C17H15N3O3. The third-order valence-electron chi connectivity index (χ3n) is 3.95. The van der Waals surface area contributed by atoms with Crippen molar-refractivity contribution in [3.05, 3.63) is 47.3 Å². The topological polar surface area (TPSA) is 68.5 Å². The Morgan fingerprint density at radius 1 is 1.26 bits per heavy atom. The van der Waals surface area contributed by atoms with Gasteiger partial charge in [0.05, 0.1) is 28.9 Å². The summed E-state index contributed by atoms with van der Waals surface area (Å²) in [7, 11) is 0. The lowest BCUT2D eigenvalue weighted by Crippen LogP contribution is -2.38. The average Bonchev–Trinajstić information content (AvgIpc) is 2.94. The number of aromatic nitrogens is 2. The lowest BCUT2D eigenvalue weighted by atomic mass is 10.1. The molecule has 0 bridgehead atoms. The zero-order valence-electron chi connectivity index (χ0n) is 12.9. The van der Waals surface area contributed by atoms with Crippen molar-refractivity contribution in [2.45, 2.75) is 13.8 Å². The Labute approximate surface area is 132 Å². The van der Waals surface area contributed by atoms with Crippen LogP contribution in [-0.2, 0) is 0 Å². The molecule has 0 atom stereocenters. The number of carbonyl (C=O) groups excluding carboxylic acids is 1. The number of anilines is 1. The largest absolute Gasteiger partial charge is 0.490 e. The van der Waals surface area contributed by atoms with Crippen LogP contribution in [0.15, 0.2) is 34.9 Å². The molecule has 2 aromatic heterocycles. The molecule has 0 spiro atoms. The van der Waals surface area contributed by atoms with Crippen LogP contribution in [0.2, 0.25) is 0 Å². The molecule has 1 aromatic carbocycles. The predicted octanol–water partition coefficient (Wildman–Crippen LogP) is 2.88. The van der Waals surface area contributed by atoms with Crippen molar-refractivity contribution in [2.75, 3.05) is 18.1 Å². The van der Waals surface area contributed by atoms with Gasteiger partial charge in [-0.1, -0.05) is 17.3 Å². The van der Waals surface area contributed by atoms with E-state index in [0.29, 0.717) is 35.5 Å². The molecule has 4 rings (SSSR count). The third kappa shape index (κ3) is 2.14. The molecule has 1 aliphatic heterocycles. The van der Waals surface area contributed by atoms with Crippen molar-refractivity contribution in [2.24, 2.45) is 0 Å². The number of hydrogen-bond acceptors (Lipinski definition) is 5. The minimum Gasteiger partial charge on any atom is -0.490 e. The SMILES string of the molecule is Cc1cc(C(=O)N2CCOc3ccccc32)c2c(C)noc2n1. The average molecular weight is 309 g/mol. The Morgan fingerprint density at radius 3 is 2.96 bits per heavy atom. The fourth-order valence-corrected chi connectivity index (χ4v) is 2.91. The number of pyridine rings is 1. The maximum absolute atomic E-state index is 13.2. The van der Waals surface area contributed by atoms with Gasteiger partial charge in [-0.05, 0) is 32.0 Å². The van der Waals surface area contributed by atoms with E-state index in [4.69, 9.17) is 9.26 Å². The van der Waals surface area contributed by atoms with Crippen LogP contribution in [0.5, 0.6) is 5.75 Å². The van der Waals surface area contributed by atoms with Crippen molar-refractivity contribution >= 4 is 22.7 Å². The summed E-state index contributed by atoms with van der Waals surface area (Å²) >= 11 is 0. The van der Waals surface area contributed by atoms with E-state index in [0.717, 1.165) is 17.1 Å². The number of fused-ring (bicyclic) bond motifs is 2. The van der Waals surface area contributed by atoms with Gasteiger partial charge in [0.15, 0.2) is 0 Å². The first-order valence-corrected chi connectivity index (χ1v) is 7.42. The molecule has 116 valence electrons. The van der Waals surface area contributed by atoms with Gasteiger partial charge in [0.2, 0.25) is 0 Å². The fraction of sp³-hybridized carbons (Fsp3) is 0.235. The molecule has 0 aliphatic carbocycles. The highest BCUT2D eigenvalue weighted by Crippen LogP contribution is 2.33. The summed E-state index contributed by atoms with van der Waals surface area (Å²) in [6, 6.07) is 9.33. The van der Waals surface area contributed by atoms with Gasteiger partial charge in [-0.15, -0.1) is 0 Å². The predicted molar refractivity (Wildman–Crippen MR) is 84.9 cm³/mol. The number of benzene rings is 1. The number of nitrogens with zero attached hydrogens (tertiary/aromatic N) is 3. The van der Waals surface area contributed by atoms with E-state index >= 15 is 0 Å². The van der Waals surface area contributed by atoms with Gasteiger partial charge in [-0.25, -0.2) is 4.98 Å². The minimum absolute atomic E-state index is 0.0949. The molecule has 0 radical (unpaired) electrons. The maximum atomic E-state index is 13.2. The molecule has 0 unspecified atom stereocenters. The smallest absolute Gasteiger partial charge is 0.259 e. The summed E-state index contributed by atoms with van der Waals surface area (Å²) in [5.74, 6) is 0.624. The van der Waals surface area contributed by atoms with E-state index < -0.39 is 0 Å². The zero-order chi connectivity index (χ0) is 16.0. The van der Waals surface area contributed by atoms with E-state index in [1.165, 1.54) is 0 Å². The summed E-state index contributed by atoms with van der Waals surface area (Å²) < 4.78 is 10.8. The summed E-state index contributed by atoms with van der Waals surface area (Å²) in [6.45, 7) is 4.62. The van der Waals surface area contributed by atoms with E-state index in [2.05, 4.69) is 10.1 Å². The maximum Gasteiger partial charge on any atom is 0.259 e. The molecule has 23 heavy (non-hydrogen) atoms. The number of amides is 1. The first-order chi connectivity index (χ1) is 11.1. The summed E-state index contributed by atoms with van der Waals surface area (Å²) in [6.07, 6.45) is 0. The van der Waals surface area contributed by atoms with Crippen LogP contribution in [0, 0.1) is 13.8 Å². The number of hydrogen-bond donors (Lipinski definition) is 0. The van der Waals surface area contributed by atoms with Crippen molar-refractivity contribution in [1.82, 2.24) is 10.1 Å². The van der Waals surface area contributed by atoms with Gasteiger partial charge in [0, 0.05) is 5.69 Å². The van der Waals surface area contributed by atoms with Crippen molar-refractivity contribution in [1.29, 1.82) is 0 Å². The third-order valence-corrected chi connectivity index (χ3v) is 3.95. The van der Waals surface area contributed by atoms with Crippen LogP contribution in [0.1, 0.15) is 21.7 Å². The highest BCUT2D eigenvalue weighted by molar-refractivity contribution is 6.14. The van der Waals surface area contributed by atoms with Crippen LogP contribution in [0.4, 0.5) is 5.69 Å². The van der Waals surface area contributed by atoms with E-state index in [-0.39, 0.29) is 5.91 Å². The highest BCUT2D eigenvalue weighted by atomic mass is 16.5. The van der Waals surface area contributed by atoms with Crippen LogP contribution in [-0.4, -0.2) is 29.2 Å². The standard InChI is InChI=1S/C17H15N3O3/c1-10-9-12(15-11(2)19-23-16(15)18-10)17(21)20-7-8-22-14-6-4-3-5-13(14)20/h3-6,9H,7-8H2,1-2H3. The van der Waals surface area contributed by atoms with Crippen molar-refractivity contribution in [3.63, 3.8) is 0 Å². The number of para-hydroxylation sites is 2. The molecule has 6 nitrogen and oxygen atoms in total. The lowest BCUT2D eigenvalue weighted by molar-refractivity contribution is 0.0978. The molecule has 3 aromatic rings. The van der Waals surface area contributed by atoms with Gasteiger partial charge in [0.25, 0.3) is 11.6 Å². The molecule has 0 saturated carbocycles. The molecule has 3 heterocycles. The van der Waals surface area contributed by atoms with Crippen LogP contribution < -0.4 is 9.64 Å². The van der Waals surface area contributed by atoms with E-state index in [1.807, 2.05) is 38.1 Å². The van der Waals surface area contributed by atoms with E-state index in [1.54, 1.807) is 11.0 Å². The first-order valence-electron chi connectivity index (χ1n) is 7.42. The van der Waals surface area contributed by atoms with Crippen LogP contribution in [0.25, 0.3) is 11.1 Å². The number of carbonyl (C=O) groups is 1. The minimum atomic E-state index is -0.0949. The number of aryl methyl sites for hydroxylation is 2. The zero-order valence-corrected chi connectivity index (χ0v) is 12.9. The van der Waals surface area contributed by atoms with Crippen molar-refractivity contribution < 1.29 is 14.1 Å². The van der Waals surface area contributed by atoms with Gasteiger partial charge < -0.3 is 14.2 Å². The fourth-order valence-electron chi connectivity index (χ4n) is 2.91. The van der Waals surface area contributed by atoms with E-state index in [9.17, 15) is 4.79 Å². The van der Waals surface area contributed by atoms with Crippen LogP contribution in [0.3, 0.4) is 0 Å². The van der Waals surface area contributed by atoms with Crippen molar-refractivity contribution in [3.8, 4) is 5.75 Å². The quantitative estimate of drug-likeness (QED) is 0.691. The molecule has 0 fully saturated rings. The van der Waals surface area contributed by atoms with Crippen LogP contribution >= 0.6 is 0 Å². The Morgan fingerprint density at radius 2 is 2.09 bits per heavy atom. The molecule has 1 amide bonds. The summed E-state index contributed by atoms with van der Waals surface area (Å²) in [4.78, 5) is 19.2. The van der Waals surface area contributed by atoms with Gasteiger partial charge >= 0.3 is 0 Å². The highest BCUT2D eigenvalue weighted by Gasteiger charge is 2.27. The summed E-state index contributed by atoms with van der Waals surface area (Å²) in [5, 5.41) is 4.61. The normalized spacial score (nSPS) is 13.7. The van der Waals surface area contributed by atoms with Gasteiger partial charge in [-0.3, -0.25) is 4.79 Å². The second kappa shape index (κ2) is 5.08. The number of rotatable bonds is 1. The molecule has 1 aliphatic rings.